The Bertz CT molecular complexity index is 669. The lowest BCUT2D eigenvalue weighted by atomic mass is 9.87. The van der Waals surface area contributed by atoms with Crippen LogP contribution in [-0.2, 0) is 5.41 Å². The van der Waals surface area contributed by atoms with Gasteiger partial charge in [0.2, 0.25) is 0 Å². The van der Waals surface area contributed by atoms with Crippen LogP contribution in [0.4, 0.5) is 5.69 Å². The van der Waals surface area contributed by atoms with Crippen LogP contribution in [0.3, 0.4) is 0 Å². The van der Waals surface area contributed by atoms with E-state index in [9.17, 15) is 4.79 Å². The number of rotatable bonds is 3. The third kappa shape index (κ3) is 3.92. The van der Waals surface area contributed by atoms with Crippen molar-refractivity contribution in [3.8, 4) is 0 Å². The molecule has 0 bridgehead atoms. The number of anilines is 1. The molecule has 1 N–H and O–H groups in total. The van der Waals surface area contributed by atoms with Crippen molar-refractivity contribution >= 4 is 23.4 Å². The van der Waals surface area contributed by atoms with Gasteiger partial charge in [-0.05, 0) is 54.0 Å². The SMILES string of the molecule is CSc1cc(NC(=O)c2ccc(C(C)(C)C)cc2)ccc1C. The Kier molecular flexibility index (Phi) is 4.97. The number of carbonyl (C=O) groups is 1. The van der Waals surface area contributed by atoms with Crippen molar-refractivity contribution in [1.82, 2.24) is 0 Å². The van der Waals surface area contributed by atoms with E-state index in [0.717, 1.165) is 5.69 Å². The third-order valence-electron chi connectivity index (χ3n) is 3.68. The maximum atomic E-state index is 12.3. The highest BCUT2D eigenvalue weighted by molar-refractivity contribution is 7.98. The number of thioether (sulfide) groups is 1. The van der Waals surface area contributed by atoms with Gasteiger partial charge >= 0.3 is 0 Å². The molecule has 2 aromatic carbocycles. The number of carbonyl (C=O) groups excluding carboxylic acids is 1. The molecule has 0 aliphatic heterocycles. The maximum Gasteiger partial charge on any atom is 0.255 e. The molecule has 1 amide bonds. The molecule has 0 atom stereocenters. The number of aryl methyl sites for hydroxylation is 1. The first-order valence-corrected chi connectivity index (χ1v) is 8.60. The maximum absolute atomic E-state index is 12.3. The smallest absolute Gasteiger partial charge is 0.255 e. The van der Waals surface area contributed by atoms with Crippen LogP contribution >= 0.6 is 11.8 Å². The Labute approximate surface area is 137 Å². The van der Waals surface area contributed by atoms with Crippen LogP contribution in [-0.4, -0.2) is 12.2 Å². The molecule has 2 aromatic rings. The number of hydrogen-bond donors (Lipinski definition) is 1. The van der Waals surface area contributed by atoms with Gasteiger partial charge in [-0.3, -0.25) is 4.79 Å². The van der Waals surface area contributed by atoms with E-state index >= 15 is 0 Å². The molecule has 0 aliphatic carbocycles. The third-order valence-corrected chi connectivity index (χ3v) is 4.56. The monoisotopic (exact) mass is 313 g/mol. The molecular weight excluding hydrogens is 290 g/mol. The molecule has 2 rings (SSSR count). The number of hydrogen-bond acceptors (Lipinski definition) is 2. The van der Waals surface area contributed by atoms with Crippen molar-refractivity contribution in [1.29, 1.82) is 0 Å². The van der Waals surface area contributed by atoms with Crippen molar-refractivity contribution in [2.45, 2.75) is 38.0 Å². The van der Waals surface area contributed by atoms with Crippen LogP contribution in [0.2, 0.25) is 0 Å². The summed E-state index contributed by atoms with van der Waals surface area (Å²) in [5.41, 5.74) is 4.06. The minimum atomic E-state index is -0.0728. The van der Waals surface area contributed by atoms with E-state index in [0.29, 0.717) is 5.56 Å². The Morgan fingerprint density at radius 3 is 2.23 bits per heavy atom. The van der Waals surface area contributed by atoms with Gasteiger partial charge in [-0.25, -0.2) is 0 Å². The van der Waals surface area contributed by atoms with E-state index in [-0.39, 0.29) is 11.3 Å². The summed E-state index contributed by atoms with van der Waals surface area (Å²) in [4.78, 5) is 13.5. The molecule has 0 saturated heterocycles. The fourth-order valence-electron chi connectivity index (χ4n) is 2.22. The second-order valence-electron chi connectivity index (χ2n) is 6.47. The minimum Gasteiger partial charge on any atom is -0.322 e. The van der Waals surface area contributed by atoms with E-state index in [2.05, 4.69) is 33.0 Å². The quantitative estimate of drug-likeness (QED) is 0.782. The van der Waals surface area contributed by atoms with E-state index in [1.165, 1.54) is 16.0 Å². The molecule has 0 heterocycles. The lowest BCUT2D eigenvalue weighted by Gasteiger charge is -2.19. The normalized spacial score (nSPS) is 11.3. The number of benzene rings is 2. The molecule has 0 aromatic heterocycles. The zero-order valence-electron chi connectivity index (χ0n) is 13.9. The highest BCUT2D eigenvalue weighted by Crippen LogP contribution is 2.25. The average molecular weight is 313 g/mol. The molecule has 0 saturated carbocycles. The molecule has 0 fully saturated rings. The lowest BCUT2D eigenvalue weighted by Crippen LogP contribution is -2.14. The number of amides is 1. The first-order valence-electron chi connectivity index (χ1n) is 7.38. The Morgan fingerprint density at radius 2 is 1.68 bits per heavy atom. The van der Waals surface area contributed by atoms with Crippen LogP contribution in [0.15, 0.2) is 47.4 Å². The summed E-state index contributed by atoms with van der Waals surface area (Å²) in [5, 5.41) is 2.97. The van der Waals surface area contributed by atoms with Crippen LogP contribution in [0.1, 0.15) is 42.3 Å². The second-order valence-corrected chi connectivity index (χ2v) is 7.31. The highest BCUT2D eigenvalue weighted by atomic mass is 32.2. The average Bonchev–Trinajstić information content (AvgIpc) is 2.48. The summed E-state index contributed by atoms with van der Waals surface area (Å²) >= 11 is 1.69. The first-order chi connectivity index (χ1) is 10.3. The van der Waals surface area contributed by atoms with Gasteiger partial charge in [0.25, 0.3) is 5.91 Å². The van der Waals surface area contributed by atoms with Crippen molar-refractivity contribution in [3.05, 3.63) is 59.2 Å². The van der Waals surface area contributed by atoms with Gasteiger partial charge in [0.05, 0.1) is 0 Å². The topological polar surface area (TPSA) is 29.1 Å². The van der Waals surface area contributed by atoms with Gasteiger partial charge in [0.15, 0.2) is 0 Å². The van der Waals surface area contributed by atoms with Gasteiger partial charge < -0.3 is 5.32 Å². The molecule has 0 radical (unpaired) electrons. The molecule has 22 heavy (non-hydrogen) atoms. The molecular formula is C19H23NOS. The molecule has 116 valence electrons. The van der Waals surface area contributed by atoms with Crippen molar-refractivity contribution in [3.63, 3.8) is 0 Å². The fourth-order valence-corrected chi connectivity index (χ4v) is 2.86. The lowest BCUT2D eigenvalue weighted by molar-refractivity contribution is 0.102. The van der Waals surface area contributed by atoms with E-state index in [1.54, 1.807) is 11.8 Å². The summed E-state index contributed by atoms with van der Waals surface area (Å²) in [5.74, 6) is -0.0728. The van der Waals surface area contributed by atoms with Gasteiger partial charge in [-0.1, -0.05) is 39.0 Å². The zero-order chi connectivity index (χ0) is 16.3. The predicted octanol–water partition coefficient (Wildman–Crippen LogP) is 5.27. The molecule has 0 spiro atoms. The molecule has 2 nitrogen and oxygen atoms in total. The van der Waals surface area contributed by atoms with Gasteiger partial charge in [0, 0.05) is 16.1 Å². The second kappa shape index (κ2) is 6.57. The largest absolute Gasteiger partial charge is 0.322 e. The summed E-state index contributed by atoms with van der Waals surface area (Å²) in [6.45, 7) is 8.57. The van der Waals surface area contributed by atoms with Crippen LogP contribution < -0.4 is 5.32 Å². The van der Waals surface area contributed by atoms with E-state index < -0.39 is 0 Å². The Hall–Kier alpha value is -1.74. The zero-order valence-corrected chi connectivity index (χ0v) is 14.7. The highest BCUT2D eigenvalue weighted by Gasteiger charge is 2.14. The van der Waals surface area contributed by atoms with E-state index in [1.807, 2.05) is 48.7 Å². The minimum absolute atomic E-state index is 0.0728. The fraction of sp³-hybridized carbons (Fsp3) is 0.316. The van der Waals surface area contributed by atoms with Crippen molar-refractivity contribution in [2.24, 2.45) is 0 Å². The summed E-state index contributed by atoms with van der Waals surface area (Å²) in [6, 6.07) is 13.8. The van der Waals surface area contributed by atoms with Crippen molar-refractivity contribution in [2.75, 3.05) is 11.6 Å². The standard InChI is InChI=1S/C19H23NOS/c1-13-6-11-16(12-17(13)22-5)20-18(21)14-7-9-15(10-8-14)19(2,3)4/h6-12H,1-5H3,(H,20,21). The molecule has 3 heteroatoms. The van der Waals surface area contributed by atoms with Crippen LogP contribution in [0.5, 0.6) is 0 Å². The van der Waals surface area contributed by atoms with Crippen LogP contribution in [0.25, 0.3) is 0 Å². The van der Waals surface area contributed by atoms with Crippen LogP contribution in [0, 0.1) is 6.92 Å². The van der Waals surface area contributed by atoms with Gasteiger partial charge in [-0.15, -0.1) is 11.8 Å². The molecule has 0 aliphatic rings. The summed E-state index contributed by atoms with van der Waals surface area (Å²) < 4.78 is 0. The predicted molar refractivity (Wildman–Crippen MR) is 96.1 cm³/mol. The number of nitrogens with one attached hydrogen (secondary N) is 1. The van der Waals surface area contributed by atoms with Gasteiger partial charge in [-0.2, -0.15) is 0 Å². The van der Waals surface area contributed by atoms with Gasteiger partial charge in [0.1, 0.15) is 0 Å². The summed E-state index contributed by atoms with van der Waals surface area (Å²) in [7, 11) is 0. The van der Waals surface area contributed by atoms with Crippen molar-refractivity contribution < 1.29 is 4.79 Å². The first kappa shape index (κ1) is 16.6. The summed E-state index contributed by atoms with van der Waals surface area (Å²) in [6.07, 6.45) is 2.04. The Balaban J connectivity index is 2.15. The Morgan fingerprint density at radius 1 is 1.05 bits per heavy atom. The molecule has 0 unspecified atom stereocenters. The van der Waals surface area contributed by atoms with E-state index in [4.69, 9.17) is 0 Å².